The molecular weight excluding hydrogens is 377 g/mol. The molecule has 0 saturated carbocycles. The average Bonchev–Trinajstić information content (AvgIpc) is 3.07. The highest BCUT2D eigenvalue weighted by Gasteiger charge is 2.34. The van der Waals surface area contributed by atoms with Gasteiger partial charge in [-0.3, -0.25) is 0 Å². The maximum Gasteiger partial charge on any atom is 0.433 e. The van der Waals surface area contributed by atoms with Crippen molar-refractivity contribution in [2.75, 3.05) is 13.1 Å². The number of aryl methyl sites for hydroxylation is 2. The second kappa shape index (κ2) is 8.11. The van der Waals surface area contributed by atoms with E-state index in [2.05, 4.69) is 25.4 Å². The quantitative estimate of drug-likeness (QED) is 0.851. The molecule has 1 aliphatic heterocycles. The molecule has 1 saturated heterocycles. The molecule has 11 heteroatoms. The van der Waals surface area contributed by atoms with Gasteiger partial charge in [-0.1, -0.05) is 5.16 Å². The summed E-state index contributed by atoms with van der Waals surface area (Å²) < 4.78 is 43.8. The molecule has 1 N–H and O–H groups in total. The zero-order valence-corrected chi connectivity index (χ0v) is 15.6. The van der Waals surface area contributed by atoms with Crippen molar-refractivity contribution < 1.29 is 22.5 Å². The molecule has 2 aromatic rings. The van der Waals surface area contributed by atoms with Crippen LogP contribution >= 0.6 is 0 Å². The van der Waals surface area contributed by atoms with Crippen molar-refractivity contribution in [1.82, 2.24) is 30.3 Å². The second-order valence-corrected chi connectivity index (χ2v) is 6.68. The van der Waals surface area contributed by atoms with Gasteiger partial charge in [-0.2, -0.15) is 18.2 Å². The largest absolute Gasteiger partial charge is 0.433 e. The lowest BCUT2D eigenvalue weighted by Gasteiger charge is -2.33. The van der Waals surface area contributed by atoms with Crippen LogP contribution in [0.5, 0.6) is 0 Å². The molecular formula is C17H21F3N6O2. The van der Waals surface area contributed by atoms with E-state index < -0.39 is 11.9 Å². The van der Waals surface area contributed by atoms with E-state index >= 15 is 0 Å². The summed E-state index contributed by atoms with van der Waals surface area (Å²) in [6.07, 6.45) is -1.94. The minimum atomic E-state index is -4.53. The van der Waals surface area contributed by atoms with E-state index in [1.54, 1.807) is 11.8 Å². The Morgan fingerprint density at radius 2 is 2.07 bits per heavy atom. The van der Waals surface area contributed by atoms with Crippen LogP contribution in [0.4, 0.5) is 18.0 Å². The van der Waals surface area contributed by atoms with E-state index in [0.29, 0.717) is 24.7 Å². The van der Waals surface area contributed by atoms with Crippen LogP contribution in [0.15, 0.2) is 10.6 Å². The first-order valence-corrected chi connectivity index (χ1v) is 9.00. The predicted octanol–water partition coefficient (Wildman–Crippen LogP) is 2.97. The van der Waals surface area contributed by atoms with E-state index in [4.69, 9.17) is 4.52 Å². The van der Waals surface area contributed by atoms with Gasteiger partial charge in [-0.05, 0) is 39.2 Å². The number of hydrogen-bond acceptors (Lipinski definition) is 6. The molecule has 0 aliphatic carbocycles. The highest BCUT2D eigenvalue weighted by atomic mass is 19.4. The topological polar surface area (TPSA) is 97.0 Å². The lowest BCUT2D eigenvalue weighted by atomic mass is 10.0. The first-order chi connectivity index (χ1) is 13.2. The van der Waals surface area contributed by atoms with Gasteiger partial charge in [-0.25, -0.2) is 14.8 Å². The number of nitrogens with one attached hydrogen (secondary N) is 1. The molecule has 152 valence electrons. The van der Waals surface area contributed by atoms with E-state index in [9.17, 15) is 18.0 Å². The Bertz CT molecular complexity index is 839. The molecule has 0 spiro atoms. The number of carbonyl (C=O) groups excluding carboxylic acids is 1. The van der Waals surface area contributed by atoms with Crippen molar-refractivity contribution in [3.8, 4) is 0 Å². The van der Waals surface area contributed by atoms with Crippen molar-refractivity contribution in [2.24, 2.45) is 0 Å². The van der Waals surface area contributed by atoms with Crippen molar-refractivity contribution in [3.63, 3.8) is 0 Å². The summed E-state index contributed by atoms with van der Waals surface area (Å²) in [5.74, 6) is 0.928. The summed E-state index contributed by atoms with van der Waals surface area (Å²) in [7, 11) is 0. The zero-order valence-electron chi connectivity index (χ0n) is 15.6. The number of alkyl halides is 3. The van der Waals surface area contributed by atoms with E-state index in [1.165, 1.54) is 6.92 Å². The van der Waals surface area contributed by atoms with Gasteiger partial charge in [0, 0.05) is 25.2 Å². The molecule has 3 rings (SSSR count). The average molecular weight is 398 g/mol. The number of likely N-dealkylation sites (tertiary alicyclic amines) is 1. The first kappa shape index (κ1) is 20.0. The number of amides is 2. The highest BCUT2D eigenvalue weighted by Crippen LogP contribution is 2.30. The molecule has 0 unspecified atom stereocenters. The van der Waals surface area contributed by atoms with Crippen LogP contribution in [0.1, 0.15) is 54.2 Å². The summed E-state index contributed by atoms with van der Waals surface area (Å²) in [5.41, 5.74) is -0.754. The number of carbonyl (C=O) groups is 1. The van der Waals surface area contributed by atoms with Gasteiger partial charge in [0.05, 0.1) is 0 Å². The van der Waals surface area contributed by atoms with Gasteiger partial charge in [0.15, 0.2) is 5.82 Å². The van der Waals surface area contributed by atoms with Gasteiger partial charge in [0.1, 0.15) is 17.6 Å². The van der Waals surface area contributed by atoms with Gasteiger partial charge in [0.25, 0.3) is 0 Å². The summed E-state index contributed by atoms with van der Waals surface area (Å²) in [5, 5.41) is 6.49. The van der Waals surface area contributed by atoms with Crippen LogP contribution in [0.2, 0.25) is 0 Å². The summed E-state index contributed by atoms with van der Waals surface area (Å²) in [6.45, 7) is 3.84. The highest BCUT2D eigenvalue weighted by molar-refractivity contribution is 5.74. The predicted molar refractivity (Wildman–Crippen MR) is 91.2 cm³/mol. The van der Waals surface area contributed by atoms with E-state index in [0.717, 1.165) is 18.9 Å². The molecule has 0 aromatic carbocycles. The number of rotatable bonds is 4. The van der Waals surface area contributed by atoms with Crippen LogP contribution in [0, 0.1) is 13.8 Å². The molecule has 1 aliphatic rings. The third-order valence-electron chi connectivity index (χ3n) is 4.41. The van der Waals surface area contributed by atoms with Gasteiger partial charge >= 0.3 is 12.2 Å². The number of aromatic nitrogens is 4. The minimum Gasteiger partial charge on any atom is -0.338 e. The fraction of sp³-hybridized carbons (Fsp3) is 0.588. The molecule has 2 aromatic heterocycles. The van der Waals surface area contributed by atoms with E-state index in [-0.39, 0.29) is 36.6 Å². The first-order valence-electron chi connectivity index (χ1n) is 9.00. The molecule has 0 bridgehead atoms. The fourth-order valence-corrected chi connectivity index (χ4v) is 3.15. The maximum absolute atomic E-state index is 12.9. The van der Waals surface area contributed by atoms with Crippen LogP contribution in [-0.4, -0.2) is 44.1 Å². The Morgan fingerprint density at radius 3 is 2.75 bits per heavy atom. The molecule has 1 fully saturated rings. The molecule has 3 heterocycles. The van der Waals surface area contributed by atoms with Crippen molar-refractivity contribution in [1.29, 1.82) is 0 Å². The Balaban J connectivity index is 1.61. The van der Waals surface area contributed by atoms with Crippen LogP contribution in [-0.2, 0) is 12.6 Å². The Hall–Kier alpha value is -2.72. The lowest BCUT2D eigenvalue weighted by Crippen LogP contribution is -2.45. The number of piperidine rings is 1. The van der Waals surface area contributed by atoms with Gasteiger partial charge < -0.3 is 14.7 Å². The zero-order chi connectivity index (χ0) is 20.3. The number of urea groups is 1. The minimum absolute atomic E-state index is 0.0374. The third kappa shape index (κ3) is 4.76. The summed E-state index contributed by atoms with van der Waals surface area (Å²) >= 11 is 0. The van der Waals surface area contributed by atoms with Crippen LogP contribution in [0.3, 0.4) is 0 Å². The number of nitrogens with zero attached hydrogens (tertiary/aromatic N) is 5. The van der Waals surface area contributed by atoms with Crippen molar-refractivity contribution in [3.05, 3.63) is 35.0 Å². The summed E-state index contributed by atoms with van der Waals surface area (Å²) in [6, 6.07) is 0.263. The Morgan fingerprint density at radius 1 is 1.29 bits per heavy atom. The summed E-state index contributed by atoms with van der Waals surface area (Å²) in [4.78, 5) is 26.0. The van der Waals surface area contributed by atoms with Gasteiger partial charge in [0.2, 0.25) is 5.89 Å². The smallest absolute Gasteiger partial charge is 0.338 e. The fourth-order valence-electron chi connectivity index (χ4n) is 3.15. The molecule has 8 nitrogen and oxygen atoms in total. The third-order valence-corrected chi connectivity index (χ3v) is 4.41. The Labute approximate surface area is 159 Å². The van der Waals surface area contributed by atoms with Crippen molar-refractivity contribution >= 4 is 6.03 Å². The standard InChI is InChI=1S/C17H21F3N6O2/c1-10-9-13(17(18,19)20)24-14(22-10)6-7-21-16(27)26-8-4-3-5-12(26)15-23-11(2)25-28-15/h9,12H,3-8H2,1-2H3,(H,21,27)/t12-/m1/s1. The molecule has 28 heavy (non-hydrogen) atoms. The second-order valence-electron chi connectivity index (χ2n) is 6.68. The Kier molecular flexibility index (Phi) is 5.80. The SMILES string of the molecule is Cc1cc(C(F)(F)F)nc(CCNC(=O)N2CCCC[C@@H]2c2nc(C)no2)n1. The molecule has 0 radical (unpaired) electrons. The van der Waals surface area contributed by atoms with Crippen molar-refractivity contribution in [2.45, 2.75) is 51.7 Å². The monoisotopic (exact) mass is 398 g/mol. The van der Waals surface area contributed by atoms with Crippen LogP contribution in [0.25, 0.3) is 0 Å². The normalized spacial score (nSPS) is 17.6. The van der Waals surface area contributed by atoms with Gasteiger partial charge in [-0.15, -0.1) is 0 Å². The molecule has 2 amide bonds. The van der Waals surface area contributed by atoms with E-state index in [1.807, 2.05) is 0 Å². The van der Waals surface area contributed by atoms with Crippen LogP contribution < -0.4 is 5.32 Å². The number of hydrogen-bond donors (Lipinski definition) is 1. The molecule has 1 atom stereocenters. The lowest BCUT2D eigenvalue weighted by molar-refractivity contribution is -0.141. The maximum atomic E-state index is 12.9. The number of halogens is 3.